The molecule has 0 aromatic carbocycles. The maximum atomic E-state index is 5.35. The van der Waals surface area contributed by atoms with E-state index >= 15 is 0 Å². The first-order chi connectivity index (χ1) is 7.86. The average molecular weight is 218 g/mol. The van der Waals surface area contributed by atoms with Crippen molar-refractivity contribution >= 4 is 11.5 Å². The molecule has 1 aliphatic rings. The first-order valence-corrected chi connectivity index (χ1v) is 5.48. The Labute approximate surface area is 93.6 Å². The molecule has 5 heteroatoms. The Bertz CT molecular complexity index is 502. The monoisotopic (exact) mass is 218 g/mol. The van der Waals surface area contributed by atoms with Gasteiger partial charge in [-0.2, -0.15) is 9.61 Å². The van der Waals surface area contributed by atoms with Gasteiger partial charge >= 0.3 is 0 Å². The van der Waals surface area contributed by atoms with Crippen LogP contribution in [0, 0.1) is 6.92 Å². The van der Waals surface area contributed by atoms with E-state index in [9.17, 15) is 0 Å². The van der Waals surface area contributed by atoms with Gasteiger partial charge in [-0.1, -0.05) is 6.07 Å². The fraction of sp³-hybridized carbons (Fsp3) is 0.455. The zero-order valence-electron chi connectivity index (χ0n) is 9.26. The minimum Gasteiger partial charge on any atom is -0.378 e. The van der Waals surface area contributed by atoms with Crippen LogP contribution in [-0.2, 0) is 4.74 Å². The smallest absolute Gasteiger partial charge is 0.160 e. The molecule has 0 unspecified atom stereocenters. The summed E-state index contributed by atoms with van der Waals surface area (Å²) in [7, 11) is 0. The Balaban J connectivity index is 2.08. The van der Waals surface area contributed by atoms with Crippen LogP contribution in [-0.4, -0.2) is 40.9 Å². The summed E-state index contributed by atoms with van der Waals surface area (Å²) in [6, 6.07) is 4.19. The van der Waals surface area contributed by atoms with Crippen molar-refractivity contribution in [1.29, 1.82) is 0 Å². The molecule has 0 spiro atoms. The molecule has 84 valence electrons. The predicted molar refractivity (Wildman–Crippen MR) is 60.8 cm³/mol. The molecule has 2 aromatic heterocycles. The highest BCUT2D eigenvalue weighted by molar-refractivity contribution is 5.55. The highest BCUT2D eigenvalue weighted by atomic mass is 16.5. The lowest BCUT2D eigenvalue weighted by Gasteiger charge is -2.28. The van der Waals surface area contributed by atoms with Gasteiger partial charge in [0.05, 0.1) is 13.2 Å². The van der Waals surface area contributed by atoms with Crippen LogP contribution in [0.2, 0.25) is 0 Å². The molecular weight excluding hydrogens is 204 g/mol. The summed E-state index contributed by atoms with van der Waals surface area (Å²) in [5.74, 6) is 1.10. The van der Waals surface area contributed by atoms with E-state index in [1.54, 1.807) is 6.33 Å². The largest absolute Gasteiger partial charge is 0.378 e. The summed E-state index contributed by atoms with van der Waals surface area (Å²) in [6.07, 6.45) is 1.60. The molecule has 1 fully saturated rings. The minimum absolute atomic E-state index is 0.782. The Morgan fingerprint density at radius 3 is 2.88 bits per heavy atom. The number of pyridine rings is 1. The van der Waals surface area contributed by atoms with Crippen LogP contribution < -0.4 is 4.90 Å². The summed E-state index contributed by atoms with van der Waals surface area (Å²) >= 11 is 0. The Morgan fingerprint density at radius 2 is 2.06 bits per heavy atom. The molecule has 0 aliphatic carbocycles. The lowest BCUT2D eigenvalue weighted by atomic mass is 10.3. The van der Waals surface area contributed by atoms with E-state index in [1.807, 2.05) is 11.4 Å². The zero-order valence-corrected chi connectivity index (χ0v) is 9.26. The van der Waals surface area contributed by atoms with E-state index in [2.05, 4.69) is 27.1 Å². The maximum Gasteiger partial charge on any atom is 0.160 e. The average Bonchev–Trinajstić information content (AvgIpc) is 2.81. The second-order valence-corrected chi connectivity index (χ2v) is 3.97. The van der Waals surface area contributed by atoms with Gasteiger partial charge in [-0.25, -0.2) is 4.98 Å². The van der Waals surface area contributed by atoms with Gasteiger partial charge in [0.15, 0.2) is 5.65 Å². The number of ether oxygens (including phenoxy) is 1. The molecular formula is C11H14N4O. The molecule has 0 amide bonds. The molecule has 0 radical (unpaired) electrons. The highest BCUT2D eigenvalue weighted by Gasteiger charge is 2.15. The molecule has 3 heterocycles. The third-order valence-electron chi connectivity index (χ3n) is 2.93. The summed E-state index contributed by atoms with van der Waals surface area (Å²) in [6.45, 7) is 5.44. The molecule has 0 atom stereocenters. The van der Waals surface area contributed by atoms with Gasteiger partial charge < -0.3 is 9.64 Å². The van der Waals surface area contributed by atoms with Crippen LogP contribution in [0.1, 0.15) is 5.56 Å². The molecule has 1 aliphatic heterocycles. The topological polar surface area (TPSA) is 42.7 Å². The SMILES string of the molecule is Cc1ccc(N2CCOCC2)n2ncnc12. The van der Waals surface area contributed by atoms with Crippen molar-refractivity contribution in [2.45, 2.75) is 6.92 Å². The van der Waals surface area contributed by atoms with Gasteiger partial charge in [-0.3, -0.25) is 0 Å². The number of hydrogen-bond acceptors (Lipinski definition) is 4. The normalized spacial score (nSPS) is 16.9. The van der Waals surface area contributed by atoms with Crippen molar-refractivity contribution in [3.63, 3.8) is 0 Å². The summed E-state index contributed by atoms with van der Waals surface area (Å²) in [4.78, 5) is 6.55. The molecule has 16 heavy (non-hydrogen) atoms. The van der Waals surface area contributed by atoms with E-state index < -0.39 is 0 Å². The van der Waals surface area contributed by atoms with Gasteiger partial charge in [0.2, 0.25) is 0 Å². The van der Waals surface area contributed by atoms with Crippen LogP contribution in [0.4, 0.5) is 5.82 Å². The lowest BCUT2D eigenvalue weighted by Crippen LogP contribution is -2.37. The molecule has 0 saturated carbocycles. The van der Waals surface area contributed by atoms with E-state index in [1.165, 1.54) is 0 Å². The minimum atomic E-state index is 0.782. The van der Waals surface area contributed by atoms with Crippen LogP contribution >= 0.6 is 0 Å². The number of nitrogens with zero attached hydrogens (tertiary/aromatic N) is 4. The van der Waals surface area contributed by atoms with Crippen LogP contribution in [0.15, 0.2) is 18.5 Å². The van der Waals surface area contributed by atoms with Gasteiger partial charge in [-0.15, -0.1) is 0 Å². The Hall–Kier alpha value is -1.62. The maximum absolute atomic E-state index is 5.35. The van der Waals surface area contributed by atoms with E-state index in [4.69, 9.17) is 4.74 Å². The first-order valence-electron chi connectivity index (χ1n) is 5.48. The Kier molecular flexibility index (Phi) is 2.25. The fourth-order valence-electron chi connectivity index (χ4n) is 2.05. The third kappa shape index (κ3) is 1.44. The van der Waals surface area contributed by atoms with E-state index in [-0.39, 0.29) is 0 Å². The standard InChI is InChI=1S/C11H14N4O/c1-9-2-3-10(14-4-6-16-7-5-14)15-11(9)12-8-13-15/h2-3,8H,4-7H2,1H3. The van der Waals surface area contributed by atoms with Gasteiger partial charge in [-0.05, 0) is 18.6 Å². The Morgan fingerprint density at radius 1 is 1.25 bits per heavy atom. The molecule has 3 rings (SSSR count). The number of fused-ring (bicyclic) bond motifs is 1. The highest BCUT2D eigenvalue weighted by Crippen LogP contribution is 2.18. The number of morpholine rings is 1. The van der Waals surface area contributed by atoms with Crippen molar-refractivity contribution < 1.29 is 4.74 Å². The number of anilines is 1. The number of rotatable bonds is 1. The van der Waals surface area contributed by atoms with Crippen molar-refractivity contribution in [2.75, 3.05) is 31.2 Å². The predicted octanol–water partition coefficient (Wildman–Crippen LogP) is 0.874. The first kappa shape index (κ1) is 9.59. The quantitative estimate of drug-likeness (QED) is 0.712. The second-order valence-electron chi connectivity index (χ2n) is 3.97. The number of aromatic nitrogens is 3. The second kappa shape index (κ2) is 3.75. The van der Waals surface area contributed by atoms with E-state index in [0.29, 0.717) is 0 Å². The van der Waals surface area contributed by atoms with Gasteiger partial charge in [0.1, 0.15) is 12.1 Å². The van der Waals surface area contributed by atoms with Crippen molar-refractivity contribution in [2.24, 2.45) is 0 Å². The molecule has 5 nitrogen and oxygen atoms in total. The van der Waals surface area contributed by atoms with Gasteiger partial charge in [0, 0.05) is 13.1 Å². The molecule has 0 N–H and O–H groups in total. The van der Waals surface area contributed by atoms with Crippen LogP contribution in [0.25, 0.3) is 5.65 Å². The van der Waals surface area contributed by atoms with Crippen molar-refractivity contribution in [1.82, 2.24) is 14.6 Å². The van der Waals surface area contributed by atoms with Crippen molar-refractivity contribution in [3.05, 3.63) is 24.0 Å². The zero-order chi connectivity index (χ0) is 11.0. The summed E-state index contributed by atoms with van der Waals surface area (Å²) in [5.41, 5.74) is 2.08. The fourth-order valence-corrected chi connectivity index (χ4v) is 2.05. The molecule has 2 aromatic rings. The third-order valence-corrected chi connectivity index (χ3v) is 2.93. The van der Waals surface area contributed by atoms with E-state index in [0.717, 1.165) is 43.3 Å². The number of aryl methyl sites for hydroxylation is 1. The summed E-state index contributed by atoms with van der Waals surface area (Å²) < 4.78 is 7.25. The van der Waals surface area contributed by atoms with Gasteiger partial charge in [0.25, 0.3) is 0 Å². The summed E-state index contributed by atoms with van der Waals surface area (Å²) in [5, 5.41) is 4.28. The lowest BCUT2D eigenvalue weighted by molar-refractivity contribution is 0.122. The number of hydrogen-bond donors (Lipinski definition) is 0. The molecule has 0 bridgehead atoms. The van der Waals surface area contributed by atoms with Crippen LogP contribution in [0.5, 0.6) is 0 Å². The van der Waals surface area contributed by atoms with Crippen LogP contribution in [0.3, 0.4) is 0 Å². The molecule has 1 saturated heterocycles. The van der Waals surface area contributed by atoms with Crippen molar-refractivity contribution in [3.8, 4) is 0 Å².